The zero-order valence-electron chi connectivity index (χ0n) is 13.7. The number of aromatic nitrogens is 1. The van der Waals surface area contributed by atoms with Crippen LogP contribution >= 0.6 is 23.8 Å². The smallest absolute Gasteiger partial charge is 0.129 e. The first kappa shape index (κ1) is 15.5. The molecule has 0 saturated heterocycles. The Morgan fingerprint density at radius 3 is 2.67 bits per heavy atom. The van der Waals surface area contributed by atoms with E-state index in [2.05, 4.69) is 44.3 Å². The Morgan fingerprint density at radius 1 is 1.17 bits per heavy atom. The van der Waals surface area contributed by atoms with E-state index in [0.29, 0.717) is 0 Å². The van der Waals surface area contributed by atoms with Gasteiger partial charge in [0.25, 0.3) is 0 Å². The van der Waals surface area contributed by atoms with Crippen LogP contribution in [0.15, 0.2) is 42.5 Å². The summed E-state index contributed by atoms with van der Waals surface area (Å²) in [7, 11) is 0. The Hall–Kier alpha value is -1.98. The summed E-state index contributed by atoms with van der Waals surface area (Å²) in [4.78, 5) is 1.18. The molecule has 0 saturated carbocycles. The van der Waals surface area contributed by atoms with Crippen LogP contribution in [0.2, 0.25) is 0 Å². The fourth-order valence-electron chi connectivity index (χ4n) is 3.22. The maximum Gasteiger partial charge on any atom is 0.129 e. The topological polar surface area (TPSA) is 17.0 Å². The van der Waals surface area contributed by atoms with Gasteiger partial charge in [-0.1, -0.05) is 48.0 Å². The first-order valence-corrected chi connectivity index (χ1v) is 8.97. The van der Waals surface area contributed by atoms with Gasteiger partial charge in [-0.05, 0) is 44.5 Å². The summed E-state index contributed by atoms with van der Waals surface area (Å²) < 4.78 is 16.3. The van der Waals surface area contributed by atoms with Crippen molar-refractivity contribution in [1.82, 2.24) is 3.96 Å². The quantitative estimate of drug-likeness (QED) is 0.535. The van der Waals surface area contributed by atoms with Gasteiger partial charge in [-0.3, -0.25) is 3.96 Å². The predicted octanol–water partition coefficient (Wildman–Crippen LogP) is 6.04. The molecule has 1 aliphatic rings. The Balaban J connectivity index is 2.04. The van der Waals surface area contributed by atoms with Crippen LogP contribution in [0.25, 0.3) is 16.8 Å². The highest BCUT2D eigenvalue weighted by atomic mass is 32.1. The number of hydrogen-bond donors (Lipinski definition) is 1. The van der Waals surface area contributed by atoms with Crippen LogP contribution in [-0.2, 0) is 5.54 Å². The second-order valence-corrected chi connectivity index (χ2v) is 7.96. The number of fused-ring (bicyclic) bond motifs is 3. The lowest BCUT2D eigenvalue weighted by Gasteiger charge is -2.34. The van der Waals surface area contributed by atoms with E-state index in [1.165, 1.54) is 22.6 Å². The average Bonchev–Trinajstić information content (AvgIpc) is 2.88. The van der Waals surface area contributed by atoms with Gasteiger partial charge in [0.2, 0.25) is 0 Å². The molecular weight excluding hydrogens is 339 g/mol. The third kappa shape index (κ3) is 2.23. The summed E-state index contributed by atoms with van der Waals surface area (Å²) in [6.07, 6.45) is 0. The Kier molecular flexibility index (Phi) is 3.41. The van der Waals surface area contributed by atoms with Crippen molar-refractivity contribution in [2.45, 2.75) is 26.3 Å². The third-order valence-electron chi connectivity index (χ3n) is 4.40. The second-order valence-electron chi connectivity index (χ2n) is 6.62. The Bertz CT molecular complexity index is 1010. The van der Waals surface area contributed by atoms with Crippen LogP contribution in [0.4, 0.5) is 10.1 Å². The van der Waals surface area contributed by atoms with Crippen molar-refractivity contribution in [3.8, 4) is 16.8 Å². The number of aryl methyl sites for hydroxylation is 1. The van der Waals surface area contributed by atoms with E-state index in [1.807, 2.05) is 10.0 Å². The first-order valence-electron chi connectivity index (χ1n) is 7.79. The van der Waals surface area contributed by atoms with Crippen molar-refractivity contribution < 1.29 is 4.39 Å². The molecule has 0 atom stereocenters. The molecule has 0 bridgehead atoms. The number of anilines is 1. The summed E-state index contributed by atoms with van der Waals surface area (Å²) in [5, 5.41) is 3.64. The number of para-hydroxylation sites is 1. The maximum absolute atomic E-state index is 13.7. The van der Waals surface area contributed by atoms with E-state index in [9.17, 15) is 4.39 Å². The average molecular weight is 356 g/mol. The molecule has 24 heavy (non-hydrogen) atoms. The van der Waals surface area contributed by atoms with Gasteiger partial charge in [-0.25, -0.2) is 4.39 Å². The molecule has 1 N–H and O–H groups in total. The fourth-order valence-corrected chi connectivity index (χ4v) is 4.87. The fraction of sp³-hybridized carbons (Fsp3) is 0.211. The van der Waals surface area contributed by atoms with Gasteiger partial charge < -0.3 is 5.32 Å². The minimum atomic E-state index is -0.255. The molecule has 5 heteroatoms. The largest absolute Gasteiger partial charge is 0.374 e. The molecule has 3 aromatic rings. The zero-order valence-corrected chi connectivity index (χ0v) is 15.3. The third-order valence-corrected chi connectivity index (χ3v) is 6.37. The van der Waals surface area contributed by atoms with Crippen molar-refractivity contribution in [2.75, 3.05) is 5.32 Å². The molecule has 0 fully saturated rings. The van der Waals surface area contributed by atoms with E-state index >= 15 is 0 Å². The van der Waals surface area contributed by atoms with Crippen LogP contribution in [0.1, 0.15) is 24.3 Å². The summed E-state index contributed by atoms with van der Waals surface area (Å²) in [5.74, 6) is -0.255. The maximum atomic E-state index is 13.7. The van der Waals surface area contributed by atoms with Crippen LogP contribution in [0.5, 0.6) is 0 Å². The van der Waals surface area contributed by atoms with Gasteiger partial charge in [0.1, 0.15) is 10.5 Å². The van der Waals surface area contributed by atoms with Crippen molar-refractivity contribution in [3.05, 3.63) is 63.4 Å². The molecule has 0 unspecified atom stereocenters. The van der Waals surface area contributed by atoms with Gasteiger partial charge in [0.05, 0.1) is 16.1 Å². The van der Waals surface area contributed by atoms with Gasteiger partial charge in [0.15, 0.2) is 0 Å². The molecule has 2 aromatic carbocycles. The minimum Gasteiger partial charge on any atom is -0.374 e. The standard InChI is InChI=1S/C19H17FN2S2/c1-11-6-4-9-14-15-17(19(2,3)21-16(11)14)24-22(18(15)23)13-8-5-7-12(20)10-13/h4-10,21H,1-3H3. The Labute approximate surface area is 149 Å². The highest BCUT2D eigenvalue weighted by molar-refractivity contribution is 7.71. The van der Waals surface area contributed by atoms with Crippen LogP contribution in [0.3, 0.4) is 0 Å². The first-order chi connectivity index (χ1) is 11.4. The molecule has 2 nitrogen and oxygen atoms in total. The molecule has 2 heterocycles. The second kappa shape index (κ2) is 5.26. The molecule has 0 radical (unpaired) electrons. The molecule has 0 spiro atoms. The predicted molar refractivity (Wildman–Crippen MR) is 101 cm³/mol. The SMILES string of the molecule is Cc1cccc2c1NC(C)(C)c1sn(-c3cccc(F)c3)c(=S)c1-2. The van der Waals surface area contributed by atoms with Gasteiger partial charge in [0, 0.05) is 16.8 Å². The monoisotopic (exact) mass is 356 g/mol. The minimum absolute atomic E-state index is 0.231. The summed E-state index contributed by atoms with van der Waals surface area (Å²) in [6, 6.07) is 12.8. The van der Waals surface area contributed by atoms with Gasteiger partial charge in [-0.15, -0.1) is 0 Å². The lowest BCUT2D eigenvalue weighted by atomic mass is 9.88. The van der Waals surface area contributed by atoms with Crippen LogP contribution in [-0.4, -0.2) is 3.96 Å². The van der Waals surface area contributed by atoms with Gasteiger partial charge >= 0.3 is 0 Å². The Morgan fingerprint density at radius 2 is 1.92 bits per heavy atom. The molecule has 1 aromatic heterocycles. The molecule has 0 aliphatic carbocycles. The molecule has 1 aliphatic heterocycles. The van der Waals surface area contributed by atoms with Crippen molar-refractivity contribution >= 4 is 29.4 Å². The molecule has 122 valence electrons. The highest BCUT2D eigenvalue weighted by Crippen LogP contribution is 2.48. The number of halogens is 1. The van der Waals surface area contributed by atoms with Crippen LogP contribution in [0, 0.1) is 17.4 Å². The van der Waals surface area contributed by atoms with Crippen molar-refractivity contribution in [1.29, 1.82) is 0 Å². The van der Waals surface area contributed by atoms with E-state index < -0.39 is 0 Å². The van der Waals surface area contributed by atoms with E-state index in [1.54, 1.807) is 17.6 Å². The van der Waals surface area contributed by atoms with E-state index in [-0.39, 0.29) is 11.4 Å². The van der Waals surface area contributed by atoms with Crippen molar-refractivity contribution in [3.63, 3.8) is 0 Å². The summed E-state index contributed by atoms with van der Waals surface area (Å²) in [5.41, 5.74) is 5.08. The molecular formula is C19H17FN2S2. The summed E-state index contributed by atoms with van der Waals surface area (Å²) in [6.45, 7) is 6.41. The van der Waals surface area contributed by atoms with Gasteiger partial charge in [-0.2, -0.15) is 0 Å². The summed E-state index contributed by atoms with van der Waals surface area (Å²) >= 11 is 7.37. The number of nitrogens with zero attached hydrogens (tertiary/aromatic N) is 1. The van der Waals surface area contributed by atoms with E-state index in [4.69, 9.17) is 12.2 Å². The number of hydrogen-bond acceptors (Lipinski definition) is 3. The number of nitrogens with one attached hydrogen (secondary N) is 1. The molecule has 0 amide bonds. The van der Waals surface area contributed by atoms with Crippen LogP contribution < -0.4 is 5.32 Å². The zero-order chi connectivity index (χ0) is 17.1. The number of rotatable bonds is 1. The normalized spacial score (nSPS) is 14.7. The lowest BCUT2D eigenvalue weighted by molar-refractivity contribution is 0.619. The van der Waals surface area contributed by atoms with Crippen molar-refractivity contribution in [2.24, 2.45) is 0 Å². The highest BCUT2D eigenvalue weighted by Gasteiger charge is 2.35. The number of benzene rings is 2. The molecule has 4 rings (SSSR count). The lowest BCUT2D eigenvalue weighted by Crippen LogP contribution is -2.31. The van der Waals surface area contributed by atoms with E-state index in [0.717, 1.165) is 27.1 Å².